The van der Waals surface area contributed by atoms with Crippen molar-refractivity contribution >= 4 is 21.6 Å². The van der Waals surface area contributed by atoms with Crippen molar-refractivity contribution in [3.05, 3.63) is 53.6 Å². The molecule has 0 radical (unpaired) electrons. The molecule has 0 atom stereocenters. The second kappa shape index (κ2) is 7.70. The smallest absolute Gasteiger partial charge is 0.416 e. The van der Waals surface area contributed by atoms with E-state index in [4.69, 9.17) is 4.74 Å². The molecule has 0 saturated heterocycles. The van der Waals surface area contributed by atoms with Crippen LogP contribution in [0.5, 0.6) is 5.75 Å². The SMILES string of the molecule is O=C(NCCOc1cccc(C(F)(F)F)c1)Nc1ccc2c(c1)S(=O)(=O)CC2. The predicted octanol–water partition coefficient (Wildman–Crippen LogP) is 3.24. The van der Waals surface area contributed by atoms with E-state index >= 15 is 0 Å². The predicted molar refractivity (Wildman–Crippen MR) is 96.2 cm³/mol. The van der Waals surface area contributed by atoms with Crippen LogP contribution in [0.3, 0.4) is 0 Å². The average Bonchev–Trinajstić information content (AvgIpc) is 2.93. The number of aryl methyl sites for hydroxylation is 1. The number of rotatable bonds is 5. The lowest BCUT2D eigenvalue weighted by Gasteiger charge is -2.11. The number of urea groups is 1. The highest BCUT2D eigenvalue weighted by Gasteiger charge is 2.30. The third kappa shape index (κ3) is 4.75. The van der Waals surface area contributed by atoms with Crippen molar-refractivity contribution in [1.29, 1.82) is 0 Å². The molecule has 2 aromatic rings. The van der Waals surface area contributed by atoms with Gasteiger partial charge in [-0.1, -0.05) is 12.1 Å². The first-order chi connectivity index (χ1) is 13.1. The van der Waals surface area contributed by atoms with Gasteiger partial charge < -0.3 is 15.4 Å². The molecule has 0 bridgehead atoms. The minimum absolute atomic E-state index is 0.0344. The Morgan fingerprint density at radius 3 is 2.68 bits per heavy atom. The van der Waals surface area contributed by atoms with Crippen molar-refractivity contribution in [1.82, 2.24) is 5.32 Å². The molecule has 6 nitrogen and oxygen atoms in total. The number of benzene rings is 2. The Balaban J connectivity index is 1.48. The Morgan fingerprint density at radius 2 is 1.93 bits per heavy atom. The van der Waals surface area contributed by atoms with Crippen molar-refractivity contribution < 1.29 is 31.1 Å². The number of carbonyl (C=O) groups is 1. The standard InChI is InChI=1S/C18H17F3N2O4S/c19-18(20,21)13-2-1-3-15(10-13)27-8-7-22-17(24)23-14-5-4-12-6-9-28(25,26)16(12)11-14/h1-5,10-11H,6-9H2,(H2,22,23,24). The molecule has 150 valence electrons. The Bertz CT molecular complexity index is 991. The van der Waals surface area contributed by atoms with Gasteiger partial charge in [-0.2, -0.15) is 13.2 Å². The summed E-state index contributed by atoms with van der Waals surface area (Å²) in [6.45, 7) is 0.0125. The van der Waals surface area contributed by atoms with E-state index in [1.807, 2.05) is 0 Å². The van der Waals surface area contributed by atoms with Gasteiger partial charge >= 0.3 is 12.2 Å². The van der Waals surface area contributed by atoms with Crippen LogP contribution >= 0.6 is 0 Å². The van der Waals surface area contributed by atoms with Crippen molar-refractivity contribution in [2.24, 2.45) is 0 Å². The third-order valence-corrected chi connectivity index (χ3v) is 5.91. The monoisotopic (exact) mass is 414 g/mol. The van der Waals surface area contributed by atoms with E-state index < -0.39 is 27.6 Å². The van der Waals surface area contributed by atoms with Crippen LogP contribution in [0.15, 0.2) is 47.4 Å². The Labute approximate surface area is 159 Å². The van der Waals surface area contributed by atoms with Crippen molar-refractivity contribution in [3.63, 3.8) is 0 Å². The first-order valence-electron chi connectivity index (χ1n) is 8.36. The van der Waals surface area contributed by atoms with Crippen LogP contribution in [0.2, 0.25) is 0 Å². The zero-order valence-electron chi connectivity index (χ0n) is 14.5. The van der Waals surface area contributed by atoms with E-state index in [0.29, 0.717) is 12.1 Å². The highest BCUT2D eigenvalue weighted by Crippen LogP contribution is 2.31. The second-order valence-electron chi connectivity index (χ2n) is 6.15. The highest BCUT2D eigenvalue weighted by atomic mass is 32.2. The number of amides is 2. The summed E-state index contributed by atoms with van der Waals surface area (Å²) in [7, 11) is -3.30. The van der Waals surface area contributed by atoms with Gasteiger partial charge in [0.1, 0.15) is 12.4 Å². The summed E-state index contributed by atoms with van der Waals surface area (Å²) in [6, 6.07) is 8.55. The number of halogens is 3. The topological polar surface area (TPSA) is 84.5 Å². The molecule has 2 amide bonds. The van der Waals surface area contributed by atoms with Crippen LogP contribution in [0.1, 0.15) is 11.1 Å². The lowest BCUT2D eigenvalue weighted by atomic mass is 10.1. The van der Waals surface area contributed by atoms with Crippen LogP contribution in [0, 0.1) is 0 Å². The zero-order chi connectivity index (χ0) is 20.4. The molecule has 28 heavy (non-hydrogen) atoms. The molecule has 0 unspecified atom stereocenters. The average molecular weight is 414 g/mol. The molecular weight excluding hydrogens is 397 g/mol. The molecule has 0 aromatic heterocycles. The summed E-state index contributed by atoms with van der Waals surface area (Å²) in [5.74, 6) is 0.103. The summed E-state index contributed by atoms with van der Waals surface area (Å²) in [4.78, 5) is 12.1. The van der Waals surface area contributed by atoms with E-state index in [0.717, 1.165) is 17.7 Å². The fourth-order valence-corrected chi connectivity index (χ4v) is 4.34. The van der Waals surface area contributed by atoms with Gasteiger partial charge in [0.25, 0.3) is 0 Å². The fourth-order valence-electron chi connectivity index (χ4n) is 2.75. The highest BCUT2D eigenvalue weighted by molar-refractivity contribution is 7.91. The number of carbonyl (C=O) groups excluding carboxylic acids is 1. The van der Waals surface area contributed by atoms with Crippen LogP contribution in [-0.2, 0) is 22.4 Å². The van der Waals surface area contributed by atoms with E-state index in [-0.39, 0.29) is 29.5 Å². The minimum Gasteiger partial charge on any atom is -0.492 e. The summed E-state index contributed by atoms with van der Waals surface area (Å²) in [6.07, 6.45) is -4.00. The molecule has 0 fully saturated rings. The Morgan fingerprint density at radius 1 is 1.14 bits per heavy atom. The number of ether oxygens (including phenoxy) is 1. The number of alkyl halides is 3. The lowest BCUT2D eigenvalue weighted by molar-refractivity contribution is -0.137. The maximum absolute atomic E-state index is 12.6. The fraction of sp³-hybridized carbons (Fsp3) is 0.278. The van der Waals surface area contributed by atoms with E-state index in [1.165, 1.54) is 18.2 Å². The summed E-state index contributed by atoms with van der Waals surface area (Å²) in [5, 5.41) is 5.01. The van der Waals surface area contributed by atoms with Crippen LogP contribution in [0.25, 0.3) is 0 Å². The number of hydrogen-bond acceptors (Lipinski definition) is 4. The van der Waals surface area contributed by atoms with Gasteiger partial charge in [0.15, 0.2) is 9.84 Å². The molecule has 2 aromatic carbocycles. The molecule has 0 saturated carbocycles. The molecule has 2 N–H and O–H groups in total. The summed E-state index contributed by atoms with van der Waals surface area (Å²) in [5.41, 5.74) is 0.239. The van der Waals surface area contributed by atoms with Gasteiger partial charge in [-0.05, 0) is 42.3 Å². The van der Waals surface area contributed by atoms with Gasteiger partial charge in [0.05, 0.1) is 22.8 Å². The first kappa shape index (κ1) is 20.0. The van der Waals surface area contributed by atoms with Gasteiger partial charge in [-0.3, -0.25) is 0 Å². The number of hydrogen-bond donors (Lipinski definition) is 2. The van der Waals surface area contributed by atoms with E-state index in [2.05, 4.69) is 10.6 Å². The van der Waals surface area contributed by atoms with Gasteiger partial charge in [-0.15, -0.1) is 0 Å². The molecular formula is C18H17F3N2O4S. The first-order valence-corrected chi connectivity index (χ1v) is 10.0. The molecule has 0 aliphatic carbocycles. The zero-order valence-corrected chi connectivity index (χ0v) is 15.4. The Kier molecular flexibility index (Phi) is 5.50. The van der Waals surface area contributed by atoms with Crippen LogP contribution in [-0.4, -0.2) is 33.4 Å². The lowest BCUT2D eigenvalue weighted by Crippen LogP contribution is -2.32. The van der Waals surface area contributed by atoms with Crippen molar-refractivity contribution in [2.75, 3.05) is 24.2 Å². The third-order valence-electron chi connectivity index (χ3n) is 4.12. The molecule has 3 rings (SSSR count). The molecule has 1 aliphatic heterocycles. The molecule has 1 aliphatic rings. The van der Waals surface area contributed by atoms with Crippen molar-refractivity contribution in [3.8, 4) is 5.75 Å². The second-order valence-corrected chi connectivity index (χ2v) is 8.22. The molecule has 10 heteroatoms. The molecule has 1 heterocycles. The maximum Gasteiger partial charge on any atom is 0.416 e. The number of sulfone groups is 1. The quantitative estimate of drug-likeness (QED) is 0.736. The van der Waals surface area contributed by atoms with Gasteiger partial charge in [0.2, 0.25) is 0 Å². The summed E-state index contributed by atoms with van der Waals surface area (Å²) >= 11 is 0. The largest absolute Gasteiger partial charge is 0.492 e. The van der Waals surface area contributed by atoms with E-state index in [9.17, 15) is 26.4 Å². The Hall–Kier alpha value is -2.75. The molecule has 0 spiro atoms. The van der Waals surface area contributed by atoms with Gasteiger partial charge in [-0.25, -0.2) is 13.2 Å². The van der Waals surface area contributed by atoms with Gasteiger partial charge in [0, 0.05) is 5.69 Å². The van der Waals surface area contributed by atoms with Crippen LogP contribution in [0.4, 0.5) is 23.7 Å². The van der Waals surface area contributed by atoms with Crippen molar-refractivity contribution in [2.45, 2.75) is 17.5 Å². The number of anilines is 1. The normalized spacial score (nSPS) is 15.0. The van der Waals surface area contributed by atoms with E-state index in [1.54, 1.807) is 12.1 Å². The minimum atomic E-state index is -4.46. The number of fused-ring (bicyclic) bond motifs is 1. The van der Waals surface area contributed by atoms with Crippen LogP contribution < -0.4 is 15.4 Å². The summed E-state index contributed by atoms with van der Waals surface area (Å²) < 4.78 is 66.9. The maximum atomic E-state index is 12.6. The number of nitrogens with one attached hydrogen (secondary N) is 2.